The highest BCUT2D eigenvalue weighted by molar-refractivity contribution is 7.22. The van der Waals surface area contributed by atoms with Gasteiger partial charge in [-0.2, -0.15) is 0 Å². The van der Waals surface area contributed by atoms with Crippen molar-refractivity contribution in [3.8, 4) is 0 Å². The number of halogens is 1. The Morgan fingerprint density at radius 2 is 1.91 bits per heavy atom. The lowest BCUT2D eigenvalue weighted by atomic mass is 9.98. The van der Waals surface area contributed by atoms with Crippen molar-refractivity contribution in [2.75, 3.05) is 4.90 Å². The Kier molecular flexibility index (Phi) is 4.72. The van der Waals surface area contributed by atoms with Gasteiger partial charge in [-0.15, -0.1) is 0 Å². The van der Waals surface area contributed by atoms with Crippen LogP contribution >= 0.6 is 22.9 Å². The molecule has 1 atom stereocenters. The van der Waals surface area contributed by atoms with Gasteiger partial charge in [0, 0.05) is 16.6 Å². The largest absolute Gasteiger partial charge is 0.503 e. The molecule has 0 fully saturated rings. The van der Waals surface area contributed by atoms with Crippen molar-refractivity contribution >= 4 is 60.9 Å². The number of furan rings is 1. The number of Topliss-reactive ketones (excluding diaryl/α,β-unsaturated/α-hetero) is 1. The van der Waals surface area contributed by atoms with Gasteiger partial charge in [-0.1, -0.05) is 41.1 Å². The van der Waals surface area contributed by atoms with E-state index in [-0.39, 0.29) is 11.3 Å². The number of nitrogens with zero attached hydrogens (tertiary/aromatic N) is 3. The number of fused-ring (bicyclic) bond motifs is 2. The quantitative estimate of drug-likeness (QED) is 0.318. The van der Waals surface area contributed by atoms with E-state index in [0.29, 0.717) is 32.3 Å². The molecule has 2 aromatic carbocycles. The van der Waals surface area contributed by atoms with Crippen molar-refractivity contribution in [1.29, 1.82) is 0 Å². The molecule has 9 heteroatoms. The minimum absolute atomic E-state index is 0.0151. The number of rotatable bonds is 4. The van der Waals surface area contributed by atoms with Crippen LogP contribution in [-0.4, -0.2) is 26.8 Å². The smallest absolute Gasteiger partial charge is 0.296 e. The maximum Gasteiger partial charge on any atom is 0.296 e. The SMILES string of the molecule is O=C(C1=C(O)C(=O)N(c2nc3ccccc3s2)C1c1ccccn1)c1cc2cc(Cl)ccc2o1. The summed E-state index contributed by atoms with van der Waals surface area (Å²) in [6.45, 7) is 0. The number of pyridine rings is 1. The number of ketones is 1. The van der Waals surface area contributed by atoms with E-state index < -0.39 is 23.5 Å². The average Bonchev–Trinajstić information content (AvgIpc) is 3.53. The van der Waals surface area contributed by atoms with Crippen LogP contribution in [0.15, 0.2) is 88.7 Å². The molecule has 7 nitrogen and oxygen atoms in total. The number of aliphatic hydroxyl groups is 1. The van der Waals surface area contributed by atoms with Crippen LogP contribution in [-0.2, 0) is 4.79 Å². The summed E-state index contributed by atoms with van der Waals surface area (Å²) in [7, 11) is 0. The molecule has 1 N–H and O–H groups in total. The minimum Gasteiger partial charge on any atom is -0.503 e. The number of para-hydroxylation sites is 1. The summed E-state index contributed by atoms with van der Waals surface area (Å²) in [6.07, 6.45) is 1.57. The third-order valence-corrected chi connectivity index (χ3v) is 6.88. The van der Waals surface area contributed by atoms with E-state index in [4.69, 9.17) is 16.0 Å². The molecule has 0 saturated heterocycles. The number of carbonyl (C=O) groups is 2. The van der Waals surface area contributed by atoms with Gasteiger partial charge in [0.2, 0.25) is 5.78 Å². The highest BCUT2D eigenvalue weighted by Crippen LogP contribution is 2.43. The highest BCUT2D eigenvalue weighted by Gasteiger charge is 2.47. The Labute approximate surface area is 201 Å². The number of aliphatic hydroxyl groups excluding tert-OH is 1. The van der Waals surface area contributed by atoms with Crippen LogP contribution in [0.3, 0.4) is 0 Å². The first kappa shape index (κ1) is 20.6. The number of thiazole rings is 1. The van der Waals surface area contributed by atoms with Crippen LogP contribution in [0, 0.1) is 0 Å². The molecule has 34 heavy (non-hydrogen) atoms. The van der Waals surface area contributed by atoms with Crippen molar-refractivity contribution in [2.45, 2.75) is 6.04 Å². The van der Waals surface area contributed by atoms with Crippen LogP contribution in [0.5, 0.6) is 0 Å². The summed E-state index contributed by atoms with van der Waals surface area (Å²) in [4.78, 5) is 37.2. The van der Waals surface area contributed by atoms with E-state index in [1.807, 2.05) is 24.3 Å². The fourth-order valence-electron chi connectivity index (χ4n) is 4.07. The second-order valence-electron chi connectivity index (χ2n) is 7.68. The van der Waals surface area contributed by atoms with Crippen LogP contribution in [0.1, 0.15) is 22.3 Å². The number of carbonyl (C=O) groups excluding carboxylic acids is 2. The molecular weight excluding hydrogens is 474 g/mol. The lowest BCUT2D eigenvalue weighted by Gasteiger charge is -2.23. The monoisotopic (exact) mass is 487 g/mol. The van der Waals surface area contributed by atoms with E-state index >= 15 is 0 Å². The number of anilines is 1. The van der Waals surface area contributed by atoms with Gasteiger partial charge in [0.15, 0.2) is 16.7 Å². The van der Waals surface area contributed by atoms with Gasteiger partial charge in [-0.3, -0.25) is 19.5 Å². The molecule has 0 spiro atoms. The van der Waals surface area contributed by atoms with Gasteiger partial charge >= 0.3 is 0 Å². The van der Waals surface area contributed by atoms with Gasteiger partial charge < -0.3 is 9.52 Å². The van der Waals surface area contributed by atoms with Crippen LogP contribution in [0.4, 0.5) is 5.13 Å². The van der Waals surface area contributed by atoms with Gasteiger partial charge in [0.1, 0.15) is 11.6 Å². The first-order chi connectivity index (χ1) is 16.5. The van der Waals surface area contributed by atoms with Crippen molar-refractivity contribution in [3.05, 3.63) is 101 Å². The maximum atomic E-state index is 13.6. The third kappa shape index (κ3) is 3.19. The Morgan fingerprint density at radius 3 is 2.71 bits per heavy atom. The number of hydrogen-bond acceptors (Lipinski definition) is 7. The number of hydrogen-bond donors (Lipinski definition) is 1. The summed E-state index contributed by atoms with van der Waals surface area (Å²) in [5.74, 6) is -2.01. The zero-order chi connectivity index (χ0) is 23.4. The Balaban J connectivity index is 1.50. The molecule has 5 aromatic rings. The number of aromatic nitrogens is 2. The van der Waals surface area contributed by atoms with Gasteiger partial charge in [-0.05, 0) is 48.5 Å². The molecule has 6 rings (SSSR count). The van der Waals surface area contributed by atoms with Crippen LogP contribution in [0.2, 0.25) is 5.02 Å². The highest BCUT2D eigenvalue weighted by atomic mass is 35.5. The number of benzene rings is 2. The molecule has 0 aliphatic carbocycles. The van der Waals surface area contributed by atoms with E-state index in [9.17, 15) is 14.7 Å². The van der Waals surface area contributed by atoms with Gasteiger partial charge in [0.05, 0.1) is 21.5 Å². The molecule has 3 aromatic heterocycles. The molecular formula is C25H14ClN3O4S. The van der Waals surface area contributed by atoms with E-state index in [0.717, 1.165) is 4.70 Å². The molecule has 1 amide bonds. The third-order valence-electron chi connectivity index (χ3n) is 5.61. The summed E-state index contributed by atoms with van der Waals surface area (Å²) in [6, 6.07) is 18.2. The number of amides is 1. The zero-order valence-corrected chi connectivity index (χ0v) is 18.9. The first-order valence-corrected chi connectivity index (χ1v) is 11.5. The predicted molar refractivity (Wildman–Crippen MR) is 129 cm³/mol. The molecule has 0 radical (unpaired) electrons. The second-order valence-corrected chi connectivity index (χ2v) is 9.13. The molecule has 1 aliphatic rings. The summed E-state index contributed by atoms with van der Waals surface area (Å²) < 4.78 is 6.61. The van der Waals surface area contributed by atoms with E-state index in [2.05, 4.69) is 9.97 Å². The Hall–Kier alpha value is -4.01. The Bertz CT molecular complexity index is 1610. The van der Waals surface area contributed by atoms with Crippen molar-refractivity contribution in [3.63, 3.8) is 0 Å². The summed E-state index contributed by atoms with van der Waals surface area (Å²) in [5, 5.41) is 12.4. The van der Waals surface area contributed by atoms with E-state index in [1.165, 1.54) is 16.2 Å². The zero-order valence-electron chi connectivity index (χ0n) is 17.3. The van der Waals surface area contributed by atoms with Crippen LogP contribution < -0.4 is 4.90 Å². The first-order valence-electron chi connectivity index (χ1n) is 10.3. The van der Waals surface area contributed by atoms with Crippen molar-refractivity contribution < 1.29 is 19.1 Å². The molecule has 166 valence electrons. The predicted octanol–water partition coefficient (Wildman–Crippen LogP) is 5.87. The standard InChI is InChI=1S/C25H14ClN3O4S/c26-14-8-9-17-13(11-14)12-18(33-17)22(30)20-21(16-6-3-4-10-27-16)29(24(32)23(20)31)25-28-15-5-1-2-7-19(15)34-25/h1-12,21,31H. The van der Waals surface area contributed by atoms with Gasteiger partial charge in [-0.25, -0.2) is 4.98 Å². The molecule has 1 aliphatic heterocycles. The summed E-state index contributed by atoms with van der Waals surface area (Å²) in [5.41, 5.74) is 1.48. The van der Waals surface area contributed by atoms with Crippen molar-refractivity contribution in [1.82, 2.24) is 9.97 Å². The lowest BCUT2D eigenvalue weighted by molar-refractivity contribution is -0.117. The fraction of sp³-hybridized carbons (Fsp3) is 0.0400. The van der Waals surface area contributed by atoms with Crippen molar-refractivity contribution in [2.24, 2.45) is 0 Å². The molecule has 4 heterocycles. The second kappa shape index (κ2) is 7.79. The topological polar surface area (TPSA) is 96.5 Å². The van der Waals surface area contributed by atoms with Crippen LogP contribution in [0.25, 0.3) is 21.2 Å². The van der Waals surface area contributed by atoms with Gasteiger partial charge in [0.25, 0.3) is 5.91 Å². The molecule has 0 bridgehead atoms. The lowest BCUT2D eigenvalue weighted by Crippen LogP contribution is -2.31. The maximum absolute atomic E-state index is 13.6. The minimum atomic E-state index is -0.974. The average molecular weight is 488 g/mol. The normalized spacial score (nSPS) is 16.2. The fourth-order valence-corrected chi connectivity index (χ4v) is 5.25. The molecule has 1 unspecified atom stereocenters. The Morgan fingerprint density at radius 1 is 1.09 bits per heavy atom. The molecule has 0 saturated carbocycles. The van der Waals surface area contributed by atoms with E-state index in [1.54, 1.807) is 48.7 Å². The summed E-state index contributed by atoms with van der Waals surface area (Å²) >= 11 is 7.35.